The van der Waals surface area contributed by atoms with Crippen molar-refractivity contribution >= 4 is 5.91 Å². The fourth-order valence-electron chi connectivity index (χ4n) is 3.23. The minimum absolute atomic E-state index is 0.00157. The van der Waals surface area contributed by atoms with Gasteiger partial charge in [0.1, 0.15) is 5.54 Å². The van der Waals surface area contributed by atoms with E-state index in [0.717, 1.165) is 31.5 Å². The molecule has 22 heavy (non-hydrogen) atoms. The molecule has 1 atom stereocenters. The summed E-state index contributed by atoms with van der Waals surface area (Å²) in [6.07, 6.45) is 2.04. The number of hydrogen-bond donors (Lipinski definition) is 1. The average molecular weight is 303 g/mol. The van der Waals surface area contributed by atoms with Crippen LogP contribution in [-0.4, -0.2) is 47.9 Å². The van der Waals surface area contributed by atoms with Gasteiger partial charge >= 0.3 is 0 Å². The average Bonchev–Trinajstić information content (AvgIpc) is 2.54. The SMILES string of the molecule is CC(C)N1CCC(N(C)C(=O)C(C)(N)c2ccccc2)CC1. The number of benzene rings is 1. The highest BCUT2D eigenvalue weighted by Gasteiger charge is 2.36. The first-order valence-electron chi connectivity index (χ1n) is 8.19. The van der Waals surface area contributed by atoms with Crippen molar-refractivity contribution in [3.8, 4) is 0 Å². The number of nitrogens with two attached hydrogens (primary N) is 1. The molecule has 0 spiro atoms. The number of likely N-dealkylation sites (N-methyl/N-ethyl adjacent to an activating group) is 1. The summed E-state index contributed by atoms with van der Waals surface area (Å²) in [5.74, 6) is 0.00157. The molecule has 0 aromatic heterocycles. The van der Waals surface area contributed by atoms with Crippen molar-refractivity contribution in [2.45, 2.75) is 51.2 Å². The zero-order chi connectivity index (χ0) is 16.3. The molecule has 1 saturated heterocycles. The third kappa shape index (κ3) is 3.50. The Balaban J connectivity index is 2.03. The van der Waals surface area contributed by atoms with Gasteiger partial charge in [0, 0.05) is 32.2 Å². The van der Waals surface area contributed by atoms with Gasteiger partial charge in [-0.1, -0.05) is 30.3 Å². The third-order valence-electron chi connectivity index (χ3n) is 4.92. The summed E-state index contributed by atoms with van der Waals surface area (Å²) in [5, 5.41) is 0. The van der Waals surface area contributed by atoms with E-state index >= 15 is 0 Å². The van der Waals surface area contributed by atoms with Gasteiger partial charge in [0.05, 0.1) is 0 Å². The van der Waals surface area contributed by atoms with E-state index in [1.165, 1.54) is 0 Å². The smallest absolute Gasteiger partial charge is 0.246 e. The summed E-state index contributed by atoms with van der Waals surface area (Å²) < 4.78 is 0. The molecular formula is C18H29N3O. The van der Waals surface area contributed by atoms with E-state index in [-0.39, 0.29) is 11.9 Å². The van der Waals surface area contributed by atoms with Crippen LogP contribution in [0.5, 0.6) is 0 Å². The van der Waals surface area contributed by atoms with Crippen molar-refractivity contribution in [3.63, 3.8) is 0 Å². The maximum absolute atomic E-state index is 12.9. The van der Waals surface area contributed by atoms with Gasteiger partial charge in [-0.15, -0.1) is 0 Å². The summed E-state index contributed by atoms with van der Waals surface area (Å²) in [6.45, 7) is 8.35. The Labute approximate surface area is 134 Å². The standard InChI is InChI=1S/C18H29N3O/c1-14(2)21-12-10-16(11-13-21)20(4)17(22)18(3,19)15-8-6-5-7-9-15/h5-9,14,16H,10-13,19H2,1-4H3. The highest BCUT2D eigenvalue weighted by molar-refractivity contribution is 5.87. The highest BCUT2D eigenvalue weighted by atomic mass is 16.2. The van der Waals surface area contributed by atoms with Crippen LogP contribution in [0.3, 0.4) is 0 Å². The molecule has 1 heterocycles. The van der Waals surface area contributed by atoms with E-state index < -0.39 is 5.54 Å². The maximum Gasteiger partial charge on any atom is 0.246 e. The number of likely N-dealkylation sites (tertiary alicyclic amines) is 1. The fourth-order valence-corrected chi connectivity index (χ4v) is 3.23. The molecule has 1 aromatic carbocycles. The molecule has 1 aliphatic heterocycles. The molecule has 2 rings (SSSR count). The molecule has 1 fully saturated rings. The number of nitrogens with zero attached hydrogens (tertiary/aromatic N) is 2. The molecule has 2 N–H and O–H groups in total. The maximum atomic E-state index is 12.9. The van der Waals surface area contributed by atoms with Gasteiger partial charge in [-0.05, 0) is 39.2 Å². The summed E-state index contributed by atoms with van der Waals surface area (Å²) in [4.78, 5) is 17.2. The Kier molecular flexibility index (Phi) is 5.24. The van der Waals surface area contributed by atoms with Crippen molar-refractivity contribution in [1.29, 1.82) is 0 Å². The van der Waals surface area contributed by atoms with Crippen molar-refractivity contribution in [2.75, 3.05) is 20.1 Å². The molecule has 4 heteroatoms. The van der Waals surface area contributed by atoms with Gasteiger partial charge in [0.25, 0.3) is 0 Å². The van der Waals surface area contributed by atoms with Crippen LogP contribution >= 0.6 is 0 Å². The molecule has 0 aliphatic carbocycles. The van der Waals surface area contributed by atoms with Crippen LogP contribution in [0.25, 0.3) is 0 Å². The second-order valence-corrected chi connectivity index (χ2v) is 6.85. The lowest BCUT2D eigenvalue weighted by atomic mass is 9.90. The van der Waals surface area contributed by atoms with Crippen LogP contribution in [0, 0.1) is 0 Å². The van der Waals surface area contributed by atoms with Crippen LogP contribution in [0.1, 0.15) is 39.2 Å². The predicted octanol–water partition coefficient (Wildman–Crippen LogP) is 2.19. The van der Waals surface area contributed by atoms with Crippen LogP contribution in [0.4, 0.5) is 0 Å². The minimum atomic E-state index is -0.967. The number of piperidine rings is 1. The number of rotatable bonds is 4. The largest absolute Gasteiger partial charge is 0.341 e. The molecular weight excluding hydrogens is 274 g/mol. The molecule has 1 amide bonds. The van der Waals surface area contributed by atoms with E-state index in [1.54, 1.807) is 0 Å². The summed E-state index contributed by atoms with van der Waals surface area (Å²) in [5.41, 5.74) is 6.26. The second-order valence-electron chi connectivity index (χ2n) is 6.85. The molecule has 0 bridgehead atoms. The van der Waals surface area contributed by atoms with Crippen molar-refractivity contribution in [3.05, 3.63) is 35.9 Å². The Morgan fingerprint density at radius 2 is 1.82 bits per heavy atom. The first-order valence-corrected chi connectivity index (χ1v) is 8.19. The van der Waals surface area contributed by atoms with E-state index in [9.17, 15) is 4.79 Å². The van der Waals surface area contributed by atoms with Crippen LogP contribution in [0.2, 0.25) is 0 Å². The zero-order valence-corrected chi connectivity index (χ0v) is 14.2. The van der Waals surface area contributed by atoms with Crippen molar-refractivity contribution in [1.82, 2.24) is 9.80 Å². The lowest BCUT2D eigenvalue weighted by molar-refractivity contribution is -0.138. The van der Waals surface area contributed by atoms with Gasteiger partial charge in [-0.25, -0.2) is 0 Å². The minimum Gasteiger partial charge on any atom is -0.341 e. The molecule has 122 valence electrons. The van der Waals surface area contributed by atoms with Gasteiger partial charge in [-0.2, -0.15) is 0 Å². The summed E-state index contributed by atoms with van der Waals surface area (Å²) >= 11 is 0. The number of amides is 1. The van der Waals surface area contributed by atoms with Crippen LogP contribution in [0.15, 0.2) is 30.3 Å². The number of carbonyl (C=O) groups excluding carboxylic acids is 1. The molecule has 1 unspecified atom stereocenters. The number of hydrogen-bond acceptors (Lipinski definition) is 3. The zero-order valence-electron chi connectivity index (χ0n) is 14.2. The fraction of sp³-hybridized carbons (Fsp3) is 0.611. The normalized spacial score (nSPS) is 19.9. The summed E-state index contributed by atoms with van der Waals surface area (Å²) in [6, 6.07) is 10.5. The lowest BCUT2D eigenvalue weighted by Gasteiger charge is -2.40. The first kappa shape index (κ1) is 17.0. The second kappa shape index (κ2) is 6.80. The van der Waals surface area contributed by atoms with E-state index in [4.69, 9.17) is 5.73 Å². The lowest BCUT2D eigenvalue weighted by Crippen LogP contribution is -2.55. The Bertz CT molecular complexity index is 490. The molecule has 0 saturated carbocycles. The highest BCUT2D eigenvalue weighted by Crippen LogP contribution is 2.24. The first-order chi connectivity index (χ1) is 10.3. The van der Waals surface area contributed by atoms with Gasteiger partial charge in [0.2, 0.25) is 5.91 Å². The van der Waals surface area contributed by atoms with E-state index in [1.807, 2.05) is 49.2 Å². The van der Waals surface area contributed by atoms with Crippen LogP contribution in [-0.2, 0) is 10.3 Å². The number of carbonyl (C=O) groups is 1. The van der Waals surface area contributed by atoms with Crippen LogP contribution < -0.4 is 5.73 Å². The molecule has 4 nitrogen and oxygen atoms in total. The molecule has 1 aromatic rings. The monoisotopic (exact) mass is 303 g/mol. The Morgan fingerprint density at radius 3 is 2.32 bits per heavy atom. The topological polar surface area (TPSA) is 49.6 Å². The summed E-state index contributed by atoms with van der Waals surface area (Å²) in [7, 11) is 1.89. The van der Waals surface area contributed by atoms with Crippen molar-refractivity contribution < 1.29 is 4.79 Å². The van der Waals surface area contributed by atoms with Crippen molar-refractivity contribution in [2.24, 2.45) is 5.73 Å². The predicted molar refractivity (Wildman–Crippen MR) is 90.5 cm³/mol. The Hall–Kier alpha value is -1.39. The van der Waals surface area contributed by atoms with E-state index in [0.29, 0.717) is 6.04 Å². The quantitative estimate of drug-likeness (QED) is 0.927. The molecule has 1 aliphatic rings. The van der Waals surface area contributed by atoms with Gasteiger partial charge in [-0.3, -0.25) is 4.79 Å². The Morgan fingerprint density at radius 1 is 1.27 bits per heavy atom. The van der Waals surface area contributed by atoms with E-state index in [2.05, 4.69) is 18.7 Å². The molecule has 0 radical (unpaired) electrons. The third-order valence-corrected chi connectivity index (χ3v) is 4.92. The van der Waals surface area contributed by atoms with Gasteiger partial charge in [0.15, 0.2) is 0 Å². The van der Waals surface area contributed by atoms with Gasteiger partial charge < -0.3 is 15.5 Å².